The first-order valence-corrected chi connectivity index (χ1v) is 16.9. The van der Waals surface area contributed by atoms with E-state index in [2.05, 4.69) is 31.7 Å². The van der Waals surface area contributed by atoms with Crippen molar-refractivity contribution < 1.29 is 8.78 Å². The van der Waals surface area contributed by atoms with E-state index in [9.17, 15) is 4.39 Å². The van der Waals surface area contributed by atoms with E-state index in [0.717, 1.165) is 92.9 Å². The van der Waals surface area contributed by atoms with Crippen LogP contribution in [0.15, 0.2) is 30.6 Å². The Morgan fingerprint density at radius 3 is 2.73 bits per heavy atom. The van der Waals surface area contributed by atoms with Crippen LogP contribution in [0, 0.1) is 18.7 Å². The molecule has 236 valence electrons. The number of nitrogens with zero attached hydrogens (tertiary/aromatic N) is 5. The molecule has 9 heteroatoms. The van der Waals surface area contributed by atoms with Crippen molar-refractivity contribution in [3.8, 4) is 11.3 Å². The number of alkyl halides is 1. The molecule has 2 aromatic heterocycles. The van der Waals surface area contributed by atoms with Gasteiger partial charge in [0.1, 0.15) is 29.0 Å². The van der Waals surface area contributed by atoms with Gasteiger partial charge in [0, 0.05) is 61.1 Å². The molecule has 3 unspecified atom stereocenters. The number of aromatic nitrogens is 3. The number of nitrogens with one attached hydrogen (secondary N) is 1. The van der Waals surface area contributed by atoms with Crippen molar-refractivity contribution in [3.05, 3.63) is 58.4 Å². The molecule has 0 saturated carbocycles. The van der Waals surface area contributed by atoms with E-state index < -0.39 is 12.0 Å². The third-order valence-electron chi connectivity index (χ3n) is 9.73. The number of aryl methyl sites for hydroxylation is 2. The van der Waals surface area contributed by atoms with E-state index in [-0.39, 0.29) is 0 Å². The highest BCUT2D eigenvalue weighted by Crippen LogP contribution is 2.37. The fraction of sp³-hybridized carbons (Fsp3) is 0.571. The summed E-state index contributed by atoms with van der Waals surface area (Å²) in [5, 5.41) is 4.85. The number of anilines is 1. The quantitative estimate of drug-likeness (QED) is 0.302. The van der Waals surface area contributed by atoms with Gasteiger partial charge in [-0.3, -0.25) is 9.88 Å². The maximum atomic E-state index is 16.2. The van der Waals surface area contributed by atoms with Gasteiger partial charge in [-0.15, -0.1) is 0 Å². The lowest BCUT2D eigenvalue weighted by atomic mass is 9.94. The molecule has 0 amide bonds. The maximum Gasteiger partial charge on any atom is 0.175 e. The van der Waals surface area contributed by atoms with E-state index in [1.165, 1.54) is 19.3 Å². The molecule has 5 aliphatic heterocycles. The van der Waals surface area contributed by atoms with Crippen molar-refractivity contribution >= 4 is 28.3 Å². The molecule has 0 radical (unpaired) electrons. The molecule has 8 rings (SSSR count). The Bertz CT molecular complexity index is 1500. The molecule has 44 heavy (non-hydrogen) atoms. The smallest absolute Gasteiger partial charge is 0.175 e. The van der Waals surface area contributed by atoms with Crippen LogP contribution in [0.2, 0.25) is 5.02 Å². The van der Waals surface area contributed by atoms with Gasteiger partial charge in [-0.2, -0.15) is 0 Å². The predicted octanol–water partition coefficient (Wildman–Crippen LogP) is 7.59. The molecule has 3 atom stereocenters. The Morgan fingerprint density at radius 2 is 1.91 bits per heavy atom. The van der Waals surface area contributed by atoms with Gasteiger partial charge in [0.25, 0.3) is 0 Å². The molecule has 6 nitrogen and oxygen atoms in total. The second-order valence-corrected chi connectivity index (χ2v) is 13.4. The third kappa shape index (κ3) is 6.71. The number of hydrogen-bond donors (Lipinski definition) is 1. The molecule has 3 aromatic rings. The summed E-state index contributed by atoms with van der Waals surface area (Å²) < 4.78 is 28.8. The number of rotatable bonds is 1. The first kappa shape index (κ1) is 31.2. The van der Waals surface area contributed by atoms with Crippen molar-refractivity contribution in [1.29, 1.82) is 0 Å². The summed E-state index contributed by atoms with van der Waals surface area (Å²) in [4.78, 5) is 18.7. The Balaban J connectivity index is 0.000000323. The molecule has 1 N–H and O–H groups in total. The molecule has 1 aromatic carbocycles. The highest BCUT2D eigenvalue weighted by molar-refractivity contribution is 6.31. The van der Waals surface area contributed by atoms with Gasteiger partial charge in [0.15, 0.2) is 5.82 Å². The second kappa shape index (κ2) is 13.7. The monoisotopic (exact) mass is 622 g/mol. The third-order valence-corrected chi connectivity index (χ3v) is 10.1. The van der Waals surface area contributed by atoms with Crippen LogP contribution in [0.3, 0.4) is 0 Å². The van der Waals surface area contributed by atoms with Gasteiger partial charge >= 0.3 is 0 Å². The van der Waals surface area contributed by atoms with Gasteiger partial charge in [-0.25, -0.2) is 18.7 Å². The predicted molar refractivity (Wildman–Crippen MR) is 176 cm³/mol. The SMILES string of the molecule is C=C1CCCc2c(Cl)cc(C)cc2-c2ncc3c(nc(CC)nc3c2F)N2CCCC(CCN1)C2.FC1CC2CCCN2C1. The molecule has 3 saturated heterocycles. The van der Waals surface area contributed by atoms with Crippen LogP contribution < -0.4 is 10.2 Å². The van der Waals surface area contributed by atoms with E-state index in [1.54, 1.807) is 6.20 Å². The number of piperidine rings is 1. The molecular weight excluding hydrogens is 578 g/mol. The summed E-state index contributed by atoms with van der Waals surface area (Å²) >= 11 is 6.70. The molecule has 7 heterocycles. The summed E-state index contributed by atoms with van der Waals surface area (Å²) in [6.45, 7) is 12.8. The van der Waals surface area contributed by atoms with Gasteiger partial charge in [0.2, 0.25) is 0 Å². The van der Waals surface area contributed by atoms with E-state index in [1.807, 2.05) is 26.0 Å². The second-order valence-electron chi connectivity index (χ2n) is 13.0. The van der Waals surface area contributed by atoms with E-state index in [4.69, 9.17) is 16.6 Å². The van der Waals surface area contributed by atoms with E-state index >= 15 is 4.39 Å². The van der Waals surface area contributed by atoms with Crippen LogP contribution in [0.4, 0.5) is 14.6 Å². The van der Waals surface area contributed by atoms with Gasteiger partial charge in [-0.05, 0) is 100 Å². The minimum absolute atomic E-state index is 0.308. The Morgan fingerprint density at radius 1 is 1.07 bits per heavy atom. The summed E-state index contributed by atoms with van der Waals surface area (Å²) in [6, 6.07) is 4.54. The maximum absolute atomic E-state index is 16.2. The highest BCUT2D eigenvalue weighted by Gasteiger charge is 2.34. The average molecular weight is 623 g/mol. The minimum atomic E-state index is -0.518. The summed E-state index contributed by atoms with van der Waals surface area (Å²) in [7, 11) is 0. The average Bonchev–Trinajstić information content (AvgIpc) is 3.59. The van der Waals surface area contributed by atoms with Crippen LogP contribution in [-0.4, -0.2) is 64.8 Å². The van der Waals surface area contributed by atoms with Gasteiger partial charge < -0.3 is 10.2 Å². The normalized spacial score (nSPS) is 24.1. The van der Waals surface area contributed by atoms with Crippen LogP contribution in [0.25, 0.3) is 22.2 Å². The number of benzene rings is 1. The Labute approximate surface area is 265 Å². The van der Waals surface area contributed by atoms with Crippen molar-refractivity contribution in [2.75, 3.05) is 37.6 Å². The fourth-order valence-electron chi connectivity index (χ4n) is 7.45. The highest BCUT2D eigenvalue weighted by atomic mass is 35.5. The zero-order valence-corrected chi connectivity index (χ0v) is 26.9. The lowest BCUT2D eigenvalue weighted by molar-refractivity contribution is 0.292. The van der Waals surface area contributed by atoms with Gasteiger partial charge in [-0.1, -0.05) is 25.1 Å². The van der Waals surface area contributed by atoms with Crippen LogP contribution in [0.5, 0.6) is 0 Å². The summed E-state index contributed by atoms with van der Waals surface area (Å²) in [5.41, 5.74) is 4.34. The zero-order valence-electron chi connectivity index (χ0n) is 26.1. The van der Waals surface area contributed by atoms with Crippen molar-refractivity contribution in [1.82, 2.24) is 25.2 Å². The summed E-state index contributed by atoms with van der Waals surface area (Å²) in [6.07, 6.45) is 11.0. The molecule has 5 aliphatic rings. The van der Waals surface area contributed by atoms with Crippen molar-refractivity contribution in [2.45, 2.75) is 90.3 Å². The lowest BCUT2D eigenvalue weighted by Gasteiger charge is -2.34. The summed E-state index contributed by atoms with van der Waals surface area (Å²) in [5.74, 6) is 1.62. The Kier molecular flexibility index (Phi) is 9.67. The van der Waals surface area contributed by atoms with Crippen LogP contribution in [-0.2, 0) is 12.8 Å². The first-order valence-electron chi connectivity index (χ1n) is 16.5. The van der Waals surface area contributed by atoms with Crippen LogP contribution in [0.1, 0.15) is 75.2 Å². The van der Waals surface area contributed by atoms with Crippen molar-refractivity contribution in [3.63, 3.8) is 0 Å². The molecule has 6 bridgehead atoms. The lowest BCUT2D eigenvalue weighted by Crippen LogP contribution is -2.37. The van der Waals surface area contributed by atoms with E-state index in [0.29, 0.717) is 52.4 Å². The first-order chi connectivity index (χ1) is 21.3. The van der Waals surface area contributed by atoms with Crippen LogP contribution >= 0.6 is 11.6 Å². The largest absolute Gasteiger partial charge is 0.389 e. The fourth-order valence-corrected chi connectivity index (χ4v) is 7.82. The number of allylic oxidation sites excluding steroid dienone is 1. The molecule has 0 spiro atoms. The molecule has 0 aliphatic carbocycles. The number of fused-ring (bicyclic) bond motifs is 8. The van der Waals surface area contributed by atoms with Gasteiger partial charge in [0.05, 0.1) is 5.39 Å². The standard InChI is InChI=1S/C28H33ClFN5.C7H12FN/c1-4-24-33-27-22-15-32-26(25(27)30)21-13-17(2)14-23(29)20(21)9-5-7-18(3)31-11-10-19-8-6-12-35(16-19)28(22)34-24;8-6-4-7-2-1-3-9(7)5-6/h13-15,19,31H,3-12,16H2,1-2H3;6-7H,1-5H2. The Hall–Kier alpha value is -2.84. The zero-order chi connectivity index (χ0) is 30.8. The molecule has 3 fully saturated rings. The van der Waals surface area contributed by atoms with Crippen molar-refractivity contribution in [2.24, 2.45) is 5.92 Å². The number of hydrogen-bond acceptors (Lipinski definition) is 6. The topological polar surface area (TPSA) is 57.2 Å². The molecular formula is C35H45ClF2N6. The number of pyridine rings is 1. The number of halogens is 3. The minimum Gasteiger partial charge on any atom is -0.389 e.